The summed E-state index contributed by atoms with van der Waals surface area (Å²) in [4.78, 5) is 15.6. The van der Waals surface area contributed by atoms with Gasteiger partial charge in [0.2, 0.25) is 0 Å². The number of carbonyl (C=O) groups is 1. The topological polar surface area (TPSA) is 73.6 Å². The molecule has 0 atom stereocenters. The first-order valence-electron chi connectivity index (χ1n) is 9.47. The van der Waals surface area contributed by atoms with Gasteiger partial charge in [0.1, 0.15) is 29.7 Å². The molecule has 172 valence electrons. The average Bonchev–Trinajstić information content (AvgIpc) is 3.07. The molecule has 0 bridgehead atoms. The highest BCUT2D eigenvalue weighted by molar-refractivity contribution is 5.88. The first-order valence-corrected chi connectivity index (χ1v) is 9.47. The van der Waals surface area contributed by atoms with Crippen LogP contribution in [0.1, 0.15) is 21.7 Å². The van der Waals surface area contributed by atoms with Crippen molar-refractivity contribution in [1.29, 1.82) is 0 Å². The van der Waals surface area contributed by atoms with Crippen molar-refractivity contribution in [2.45, 2.75) is 12.8 Å². The van der Waals surface area contributed by atoms with E-state index in [-0.39, 0.29) is 30.3 Å². The number of rotatable bonds is 6. The summed E-state index contributed by atoms with van der Waals surface area (Å²) >= 11 is 0. The van der Waals surface area contributed by atoms with Crippen LogP contribution in [0, 0.1) is 0 Å². The Kier molecular flexibility index (Phi) is 6.83. The van der Waals surface area contributed by atoms with E-state index in [1.807, 2.05) is 0 Å². The number of aryl methyl sites for hydroxylation is 1. The van der Waals surface area contributed by atoms with E-state index < -0.39 is 17.7 Å². The number of nitrogens with zero attached hydrogens (tertiary/aromatic N) is 2. The molecule has 0 fully saturated rings. The fraction of sp³-hybridized carbons (Fsp3) is 0.130. The van der Waals surface area contributed by atoms with E-state index in [1.54, 1.807) is 41.9 Å². The lowest BCUT2D eigenvalue weighted by molar-refractivity contribution is -0.137. The van der Waals surface area contributed by atoms with Crippen LogP contribution < -0.4 is 9.47 Å². The third kappa shape index (κ3) is 5.38. The maximum absolute atomic E-state index is 12.9. The molecule has 10 heteroatoms. The maximum Gasteiger partial charge on any atom is 0.416 e. The minimum atomic E-state index is -4.45. The van der Waals surface area contributed by atoms with Crippen LogP contribution in [0.2, 0.25) is 0 Å². The summed E-state index contributed by atoms with van der Waals surface area (Å²) in [5.74, 6) is 0.360. The molecule has 1 heterocycles. The molecule has 6 nitrogen and oxygen atoms in total. The van der Waals surface area contributed by atoms with Crippen molar-refractivity contribution in [3.05, 3.63) is 83.7 Å². The lowest BCUT2D eigenvalue weighted by atomic mass is 10.2. The van der Waals surface area contributed by atoms with Crippen LogP contribution in [0.3, 0.4) is 0 Å². The number of fused-ring (bicyclic) bond motifs is 1. The molecule has 0 aliphatic heterocycles. The van der Waals surface area contributed by atoms with Gasteiger partial charge < -0.3 is 19.1 Å². The Bertz CT molecular complexity index is 1300. The SMILES string of the molecule is Cl.Cn1c(COc2cccc(C(=O)O)c2)nc2ccc(Oc3cccc(C(F)(F)F)c3)cc21. The lowest BCUT2D eigenvalue weighted by Crippen LogP contribution is -2.04. The normalized spacial score (nSPS) is 11.2. The predicted molar refractivity (Wildman–Crippen MR) is 117 cm³/mol. The molecule has 0 saturated heterocycles. The molecule has 33 heavy (non-hydrogen) atoms. The minimum Gasteiger partial charge on any atom is -0.486 e. The molecule has 0 unspecified atom stereocenters. The Balaban J connectivity index is 0.00000306. The number of ether oxygens (including phenoxy) is 2. The number of alkyl halides is 3. The van der Waals surface area contributed by atoms with Crippen molar-refractivity contribution in [3.8, 4) is 17.2 Å². The molecule has 0 aliphatic rings. The van der Waals surface area contributed by atoms with E-state index in [1.165, 1.54) is 24.3 Å². The molecule has 0 aliphatic carbocycles. The number of halogens is 4. The van der Waals surface area contributed by atoms with E-state index in [2.05, 4.69) is 4.98 Å². The number of imidazole rings is 1. The van der Waals surface area contributed by atoms with Gasteiger partial charge in [0.25, 0.3) is 0 Å². The Morgan fingerprint density at radius 2 is 1.70 bits per heavy atom. The van der Waals surface area contributed by atoms with Gasteiger partial charge in [-0.15, -0.1) is 12.4 Å². The van der Waals surface area contributed by atoms with Crippen LogP contribution in [0.25, 0.3) is 11.0 Å². The van der Waals surface area contributed by atoms with Gasteiger partial charge in [-0.1, -0.05) is 12.1 Å². The molecular weight excluding hydrogens is 461 g/mol. The Morgan fingerprint density at radius 1 is 1.00 bits per heavy atom. The number of hydrogen-bond donors (Lipinski definition) is 1. The predicted octanol–water partition coefficient (Wildman–Crippen LogP) is 6.08. The van der Waals surface area contributed by atoms with Crippen LogP contribution in [0.15, 0.2) is 66.7 Å². The molecule has 4 rings (SSSR count). The van der Waals surface area contributed by atoms with E-state index >= 15 is 0 Å². The Morgan fingerprint density at radius 3 is 2.42 bits per heavy atom. The number of aromatic nitrogens is 2. The second kappa shape index (κ2) is 9.41. The highest BCUT2D eigenvalue weighted by Crippen LogP contribution is 2.33. The van der Waals surface area contributed by atoms with E-state index in [0.29, 0.717) is 28.4 Å². The standard InChI is InChI=1S/C23H17F3N2O4.ClH/c1-28-20-12-18(32-17-7-3-5-15(11-17)23(24,25)26)8-9-19(20)27-21(28)13-31-16-6-2-4-14(10-16)22(29)30;/h2-12H,13H2,1H3,(H,29,30);1H. The smallest absolute Gasteiger partial charge is 0.416 e. The van der Waals surface area contributed by atoms with Crippen LogP contribution in [0.5, 0.6) is 17.2 Å². The zero-order valence-electron chi connectivity index (χ0n) is 17.2. The molecule has 0 radical (unpaired) electrons. The van der Waals surface area contributed by atoms with Crippen molar-refractivity contribution in [3.63, 3.8) is 0 Å². The molecule has 0 amide bonds. The van der Waals surface area contributed by atoms with Gasteiger partial charge in [-0.25, -0.2) is 9.78 Å². The van der Waals surface area contributed by atoms with E-state index in [9.17, 15) is 18.0 Å². The molecule has 0 saturated carbocycles. The molecule has 4 aromatic rings. The molecule has 1 aromatic heterocycles. The van der Waals surface area contributed by atoms with Crippen LogP contribution in [0.4, 0.5) is 13.2 Å². The van der Waals surface area contributed by atoms with Gasteiger partial charge in [-0.05, 0) is 48.5 Å². The summed E-state index contributed by atoms with van der Waals surface area (Å²) < 4.78 is 51.8. The second-order valence-corrected chi connectivity index (χ2v) is 6.99. The fourth-order valence-corrected chi connectivity index (χ4v) is 3.15. The third-order valence-electron chi connectivity index (χ3n) is 4.79. The average molecular weight is 479 g/mol. The number of benzene rings is 3. The number of carboxylic acid groups (broad SMARTS) is 1. The van der Waals surface area contributed by atoms with Gasteiger partial charge in [0.05, 0.1) is 22.2 Å². The van der Waals surface area contributed by atoms with Crippen molar-refractivity contribution >= 4 is 29.4 Å². The summed E-state index contributed by atoms with van der Waals surface area (Å²) in [6, 6.07) is 15.8. The van der Waals surface area contributed by atoms with E-state index in [0.717, 1.165) is 12.1 Å². The van der Waals surface area contributed by atoms with Crippen molar-refractivity contribution in [1.82, 2.24) is 9.55 Å². The quantitative estimate of drug-likeness (QED) is 0.363. The Hall–Kier alpha value is -3.72. The van der Waals surface area contributed by atoms with Gasteiger partial charge in [0.15, 0.2) is 0 Å². The number of hydrogen-bond acceptors (Lipinski definition) is 4. The number of carboxylic acids is 1. The molecule has 0 spiro atoms. The lowest BCUT2D eigenvalue weighted by Gasteiger charge is -2.10. The second-order valence-electron chi connectivity index (χ2n) is 6.99. The highest BCUT2D eigenvalue weighted by Gasteiger charge is 2.30. The van der Waals surface area contributed by atoms with Gasteiger partial charge in [-0.2, -0.15) is 13.2 Å². The summed E-state index contributed by atoms with van der Waals surface area (Å²) in [6.45, 7) is 0.0953. The van der Waals surface area contributed by atoms with Crippen LogP contribution in [-0.4, -0.2) is 20.6 Å². The van der Waals surface area contributed by atoms with Crippen molar-refractivity contribution < 1.29 is 32.5 Å². The summed E-state index contributed by atoms with van der Waals surface area (Å²) in [6.07, 6.45) is -4.45. The summed E-state index contributed by atoms with van der Waals surface area (Å²) in [5, 5.41) is 9.08. The van der Waals surface area contributed by atoms with Crippen molar-refractivity contribution in [2.24, 2.45) is 7.05 Å². The minimum absolute atomic E-state index is 0. The van der Waals surface area contributed by atoms with E-state index in [4.69, 9.17) is 14.6 Å². The Labute approximate surface area is 192 Å². The monoisotopic (exact) mass is 478 g/mol. The van der Waals surface area contributed by atoms with Crippen LogP contribution >= 0.6 is 12.4 Å². The van der Waals surface area contributed by atoms with Crippen LogP contribution in [-0.2, 0) is 19.8 Å². The molecule has 3 aromatic carbocycles. The number of aromatic carboxylic acids is 1. The van der Waals surface area contributed by atoms with Gasteiger partial charge in [0, 0.05) is 13.1 Å². The zero-order valence-corrected chi connectivity index (χ0v) is 18.0. The summed E-state index contributed by atoms with van der Waals surface area (Å²) in [7, 11) is 1.77. The largest absolute Gasteiger partial charge is 0.486 e. The van der Waals surface area contributed by atoms with Gasteiger partial charge >= 0.3 is 12.1 Å². The third-order valence-corrected chi connectivity index (χ3v) is 4.79. The van der Waals surface area contributed by atoms with Crippen molar-refractivity contribution in [2.75, 3.05) is 0 Å². The molecular formula is C23H18ClF3N2O4. The highest BCUT2D eigenvalue weighted by atomic mass is 35.5. The summed E-state index contributed by atoms with van der Waals surface area (Å²) in [5.41, 5.74) is 0.682. The first-order chi connectivity index (χ1) is 15.2. The first kappa shape index (κ1) is 23.9. The molecule has 1 N–H and O–H groups in total. The van der Waals surface area contributed by atoms with Gasteiger partial charge in [-0.3, -0.25) is 0 Å². The fourth-order valence-electron chi connectivity index (χ4n) is 3.15. The maximum atomic E-state index is 12.9. The zero-order chi connectivity index (χ0) is 22.9.